The van der Waals surface area contributed by atoms with Gasteiger partial charge in [0.15, 0.2) is 0 Å². The van der Waals surface area contributed by atoms with Gasteiger partial charge >= 0.3 is 5.97 Å². The molecule has 0 aromatic heterocycles. The summed E-state index contributed by atoms with van der Waals surface area (Å²) in [6.45, 7) is 6.40. The molecule has 7 atom stereocenters. The van der Waals surface area contributed by atoms with Gasteiger partial charge in [0.25, 0.3) is 0 Å². The Bertz CT molecular complexity index is 488. The number of carbonyl (C=O) groups excluding carboxylic acids is 1. The molecule has 0 radical (unpaired) electrons. The second-order valence-corrected chi connectivity index (χ2v) is 13.0. The maximum absolute atomic E-state index is 11.4. The van der Waals surface area contributed by atoms with Crippen molar-refractivity contribution < 1.29 is 34.3 Å². The smallest absolute Gasteiger partial charge is 0.308 e. The summed E-state index contributed by atoms with van der Waals surface area (Å²) in [6.07, 6.45) is -2.93. The zero-order valence-electron chi connectivity index (χ0n) is 15.3. The molecule has 0 saturated carbocycles. The molecule has 0 aromatic carbocycles. The lowest BCUT2D eigenvalue weighted by atomic mass is 9.87. The highest BCUT2D eigenvalue weighted by molar-refractivity contribution is 6.80. The van der Waals surface area contributed by atoms with Crippen molar-refractivity contribution >= 4 is 14.0 Å². The van der Waals surface area contributed by atoms with Crippen LogP contribution >= 0.6 is 0 Å². The molecule has 2 aliphatic rings. The Hall–Kier alpha value is -0.773. The summed E-state index contributed by atoms with van der Waals surface area (Å²) in [7, 11) is -0.179. The quantitative estimate of drug-likeness (QED) is 0.472. The van der Waals surface area contributed by atoms with Gasteiger partial charge in [0, 0.05) is 0 Å². The standard InChI is InChI=1S/C17H30O7Si/c1-22-13(19)9-10-5-6-12-17(23-10)15(21)14(20)16(24-12)11(18)7-8-25(2,3)4/h7-8,10-12,14-18,20-21H,5-6,9H2,1-4H3. The monoisotopic (exact) mass is 374 g/mol. The van der Waals surface area contributed by atoms with Crippen molar-refractivity contribution in [1.29, 1.82) is 0 Å². The number of rotatable bonds is 5. The van der Waals surface area contributed by atoms with E-state index in [1.807, 2.05) is 5.70 Å². The first-order valence-corrected chi connectivity index (χ1v) is 12.3. The first-order chi connectivity index (χ1) is 11.6. The Morgan fingerprint density at radius 3 is 2.52 bits per heavy atom. The molecule has 7 nitrogen and oxygen atoms in total. The highest BCUT2D eigenvalue weighted by Gasteiger charge is 2.49. The number of hydrogen-bond donors (Lipinski definition) is 3. The molecule has 2 saturated heterocycles. The van der Waals surface area contributed by atoms with E-state index in [0.717, 1.165) is 0 Å². The van der Waals surface area contributed by atoms with Gasteiger partial charge in [-0.1, -0.05) is 31.4 Å². The number of aliphatic hydroxyl groups excluding tert-OH is 3. The van der Waals surface area contributed by atoms with E-state index in [1.165, 1.54) is 7.11 Å². The summed E-state index contributed by atoms with van der Waals surface area (Å²) in [6, 6.07) is 0. The molecule has 2 rings (SSSR count). The number of methoxy groups -OCH3 is 1. The summed E-state index contributed by atoms with van der Waals surface area (Å²) >= 11 is 0. The Labute approximate surface area is 149 Å². The van der Waals surface area contributed by atoms with Crippen LogP contribution in [0.15, 0.2) is 11.8 Å². The summed E-state index contributed by atoms with van der Waals surface area (Å²) in [5.74, 6) is -0.375. The Morgan fingerprint density at radius 2 is 1.92 bits per heavy atom. The van der Waals surface area contributed by atoms with Crippen molar-refractivity contribution in [3.63, 3.8) is 0 Å². The van der Waals surface area contributed by atoms with E-state index >= 15 is 0 Å². The fraction of sp³-hybridized carbons (Fsp3) is 0.824. The maximum Gasteiger partial charge on any atom is 0.308 e. The van der Waals surface area contributed by atoms with Crippen LogP contribution in [0.1, 0.15) is 19.3 Å². The van der Waals surface area contributed by atoms with E-state index in [0.29, 0.717) is 12.8 Å². The first kappa shape index (κ1) is 20.5. The minimum Gasteiger partial charge on any atom is -0.469 e. The van der Waals surface area contributed by atoms with Gasteiger partial charge in [0.2, 0.25) is 0 Å². The second kappa shape index (κ2) is 8.28. The lowest BCUT2D eigenvalue weighted by molar-refractivity contribution is -0.274. The SMILES string of the molecule is COC(=O)CC1CCC2OC(C(O)C=C[Si](C)(C)C)C(O)C(O)C2O1. The van der Waals surface area contributed by atoms with Gasteiger partial charge in [-0.15, -0.1) is 0 Å². The predicted octanol–water partition coefficient (Wildman–Crippen LogP) is 0.381. The molecule has 2 heterocycles. The van der Waals surface area contributed by atoms with Crippen LogP contribution in [0.4, 0.5) is 0 Å². The van der Waals surface area contributed by atoms with Crippen LogP contribution in [0.3, 0.4) is 0 Å². The van der Waals surface area contributed by atoms with Crippen molar-refractivity contribution in [3.8, 4) is 0 Å². The van der Waals surface area contributed by atoms with E-state index in [9.17, 15) is 20.1 Å². The zero-order chi connectivity index (χ0) is 18.8. The van der Waals surface area contributed by atoms with Crippen molar-refractivity contribution in [3.05, 3.63) is 11.8 Å². The van der Waals surface area contributed by atoms with Crippen molar-refractivity contribution in [2.45, 2.75) is 81.6 Å². The van der Waals surface area contributed by atoms with Gasteiger partial charge in [0.1, 0.15) is 30.5 Å². The van der Waals surface area contributed by atoms with E-state index in [1.54, 1.807) is 6.08 Å². The summed E-state index contributed by atoms with van der Waals surface area (Å²) in [4.78, 5) is 11.4. The molecule has 0 aromatic rings. The number of carbonyl (C=O) groups is 1. The summed E-state index contributed by atoms with van der Waals surface area (Å²) in [5.41, 5.74) is 1.98. The van der Waals surface area contributed by atoms with Gasteiger partial charge in [-0.2, -0.15) is 0 Å². The van der Waals surface area contributed by atoms with Gasteiger partial charge in [-0.3, -0.25) is 4.79 Å². The lowest BCUT2D eigenvalue weighted by Gasteiger charge is -2.47. The number of esters is 1. The van der Waals surface area contributed by atoms with Crippen LogP contribution < -0.4 is 0 Å². The largest absolute Gasteiger partial charge is 0.469 e. The Kier molecular flexibility index (Phi) is 6.80. The zero-order valence-corrected chi connectivity index (χ0v) is 16.3. The van der Waals surface area contributed by atoms with Gasteiger partial charge in [0.05, 0.1) is 33.8 Å². The first-order valence-electron chi connectivity index (χ1n) is 8.73. The Balaban J connectivity index is 2.02. The molecule has 0 amide bonds. The van der Waals surface area contributed by atoms with Crippen molar-refractivity contribution in [1.82, 2.24) is 0 Å². The molecule has 0 aliphatic carbocycles. The maximum atomic E-state index is 11.4. The van der Waals surface area contributed by atoms with Crippen LogP contribution in [-0.2, 0) is 19.0 Å². The van der Waals surface area contributed by atoms with Crippen LogP contribution in [0, 0.1) is 0 Å². The third-order valence-electron chi connectivity index (χ3n) is 4.60. The summed E-state index contributed by atoms with van der Waals surface area (Å²) < 4.78 is 16.2. The fourth-order valence-electron chi connectivity index (χ4n) is 3.21. The van der Waals surface area contributed by atoms with Gasteiger partial charge in [-0.05, 0) is 12.8 Å². The molecule has 3 N–H and O–H groups in total. The van der Waals surface area contributed by atoms with E-state index in [-0.39, 0.29) is 18.5 Å². The molecule has 25 heavy (non-hydrogen) atoms. The van der Waals surface area contributed by atoms with Crippen molar-refractivity contribution in [2.24, 2.45) is 0 Å². The van der Waals surface area contributed by atoms with Gasteiger partial charge < -0.3 is 29.5 Å². The highest BCUT2D eigenvalue weighted by Crippen LogP contribution is 2.34. The van der Waals surface area contributed by atoms with Crippen LogP contribution in [-0.4, -0.2) is 79.2 Å². The normalized spacial score (nSPS) is 37.6. The van der Waals surface area contributed by atoms with Gasteiger partial charge in [-0.25, -0.2) is 0 Å². The van der Waals surface area contributed by atoms with E-state index in [4.69, 9.17) is 9.47 Å². The fourth-order valence-corrected chi connectivity index (χ4v) is 3.98. The highest BCUT2D eigenvalue weighted by atomic mass is 28.3. The van der Waals surface area contributed by atoms with E-state index in [2.05, 4.69) is 24.4 Å². The lowest BCUT2D eigenvalue weighted by Crippen LogP contribution is -2.63. The molecule has 144 valence electrons. The molecule has 0 spiro atoms. The number of ether oxygens (including phenoxy) is 3. The van der Waals surface area contributed by atoms with Crippen LogP contribution in [0.25, 0.3) is 0 Å². The van der Waals surface area contributed by atoms with Crippen LogP contribution in [0.5, 0.6) is 0 Å². The predicted molar refractivity (Wildman–Crippen MR) is 93.7 cm³/mol. The average Bonchev–Trinajstić information content (AvgIpc) is 2.55. The molecule has 2 aliphatic heterocycles. The molecule has 7 unspecified atom stereocenters. The average molecular weight is 375 g/mol. The third-order valence-corrected chi connectivity index (χ3v) is 5.79. The topological polar surface area (TPSA) is 105 Å². The summed E-state index contributed by atoms with van der Waals surface area (Å²) in [5, 5.41) is 31.1. The second-order valence-electron chi connectivity index (χ2n) is 7.92. The minimum atomic E-state index is -1.49. The molecule has 8 heteroatoms. The Morgan fingerprint density at radius 1 is 1.24 bits per heavy atom. The third kappa shape index (κ3) is 5.35. The molecular formula is C17H30O7Si. The minimum absolute atomic E-state index is 0.105. The van der Waals surface area contributed by atoms with Crippen molar-refractivity contribution in [2.75, 3.05) is 7.11 Å². The number of aliphatic hydroxyl groups is 3. The molecule has 0 bridgehead atoms. The number of hydrogen-bond acceptors (Lipinski definition) is 7. The van der Waals surface area contributed by atoms with E-state index < -0.39 is 44.7 Å². The van der Waals surface area contributed by atoms with Crippen LogP contribution in [0.2, 0.25) is 19.6 Å². The molecule has 2 fully saturated rings. The number of fused-ring (bicyclic) bond motifs is 1. The molecular weight excluding hydrogens is 344 g/mol.